The van der Waals surface area contributed by atoms with E-state index in [-0.39, 0.29) is 5.91 Å². The van der Waals surface area contributed by atoms with E-state index in [0.717, 1.165) is 27.7 Å². The van der Waals surface area contributed by atoms with E-state index < -0.39 is 11.3 Å². The van der Waals surface area contributed by atoms with Crippen LogP contribution >= 0.6 is 11.8 Å². The molecule has 34 heavy (non-hydrogen) atoms. The van der Waals surface area contributed by atoms with Crippen LogP contribution in [-0.4, -0.2) is 43.5 Å². The summed E-state index contributed by atoms with van der Waals surface area (Å²) < 4.78 is 1.98. The summed E-state index contributed by atoms with van der Waals surface area (Å²) in [6.07, 6.45) is 0. The smallest absolute Gasteiger partial charge is 0.321 e. The molecule has 0 aliphatic carbocycles. The number of hydrogen-bond acceptors (Lipinski definition) is 6. The van der Waals surface area contributed by atoms with Gasteiger partial charge in [0.25, 0.3) is 0 Å². The van der Waals surface area contributed by atoms with Gasteiger partial charge in [0.1, 0.15) is 0 Å². The molecule has 0 fully saturated rings. The molecule has 0 aliphatic heterocycles. The zero-order valence-corrected chi connectivity index (χ0v) is 20.1. The highest BCUT2D eigenvalue weighted by atomic mass is 32.2. The van der Waals surface area contributed by atoms with Gasteiger partial charge in [0.2, 0.25) is 5.91 Å². The Balaban J connectivity index is 1.71. The maximum atomic E-state index is 12.4. The highest BCUT2D eigenvalue weighted by molar-refractivity contribution is 8.00. The highest BCUT2D eigenvalue weighted by Crippen LogP contribution is 2.33. The number of benzene rings is 2. The SMILES string of the molecule is CCNC(=O)NC(=O)[C@H](C)Sc1nnc(-c2cc(-c3ccccc3)nc3ccccc23)n1CC. The summed E-state index contributed by atoms with van der Waals surface area (Å²) in [5.41, 5.74) is 3.66. The molecular weight excluding hydrogens is 448 g/mol. The third-order valence-corrected chi connectivity index (χ3v) is 6.37. The Kier molecular flexibility index (Phi) is 7.22. The Morgan fingerprint density at radius 2 is 1.76 bits per heavy atom. The van der Waals surface area contributed by atoms with E-state index in [1.165, 1.54) is 11.8 Å². The number of thioether (sulfide) groups is 1. The molecule has 0 aliphatic rings. The van der Waals surface area contributed by atoms with Crippen LogP contribution in [0.3, 0.4) is 0 Å². The van der Waals surface area contributed by atoms with Gasteiger partial charge < -0.3 is 9.88 Å². The molecule has 1 atom stereocenters. The first-order valence-electron chi connectivity index (χ1n) is 11.2. The molecule has 4 rings (SSSR count). The van der Waals surface area contributed by atoms with Gasteiger partial charge in [-0.05, 0) is 32.9 Å². The van der Waals surface area contributed by atoms with E-state index in [9.17, 15) is 9.59 Å². The van der Waals surface area contributed by atoms with Crippen molar-refractivity contribution in [2.75, 3.05) is 6.54 Å². The summed E-state index contributed by atoms with van der Waals surface area (Å²) in [5.74, 6) is 0.320. The van der Waals surface area contributed by atoms with Gasteiger partial charge in [0, 0.05) is 29.6 Å². The van der Waals surface area contributed by atoms with Crippen LogP contribution in [0.2, 0.25) is 0 Å². The molecule has 0 radical (unpaired) electrons. The van der Waals surface area contributed by atoms with Crippen LogP contribution in [-0.2, 0) is 11.3 Å². The number of nitrogens with one attached hydrogen (secondary N) is 2. The lowest BCUT2D eigenvalue weighted by Gasteiger charge is -2.13. The summed E-state index contributed by atoms with van der Waals surface area (Å²) in [6, 6.07) is 19.5. The Morgan fingerprint density at radius 1 is 1.03 bits per heavy atom. The lowest BCUT2D eigenvalue weighted by Crippen LogP contribution is -2.42. The van der Waals surface area contributed by atoms with Gasteiger partial charge in [-0.25, -0.2) is 9.78 Å². The van der Waals surface area contributed by atoms with Crippen LogP contribution in [0.4, 0.5) is 4.79 Å². The van der Waals surface area contributed by atoms with Gasteiger partial charge in [-0.1, -0.05) is 60.3 Å². The van der Waals surface area contributed by atoms with E-state index in [1.54, 1.807) is 13.8 Å². The van der Waals surface area contributed by atoms with E-state index in [0.29, 0.717) is 24.1 Å². The summed E-state index contributed by atoms with van der Waals surface area (Å²) in [6.45, 7) is 6.60. The van der Waals surface area contributed by atoms with Crippen molar-refractivity contribution < 1.29 is 9.59 Å². The molecule has 2 aromatic heterocycles. The Morgan fingerprint density at radius 3 is 2.50 bits per heavy atom. The molecule has 3 amide bonds. The monoisotopic (exact) mass is 474 g/mol. The fourth-order valence-electron chi connectivity index (χ4n) is 3.61. The van der Waals surface area contributed by atoms with Crippen LogP contribution in [0.5, 0.6) is 0 Å². The van der Waals surface area contributed by atoms with Crippen molar-refractivity contribution in [1.82, 2.24) is 30.4 Å². The molecule has 0 bridgehead atoms. The highest BCUT2D eigenvalue weighted by Gasteiger charge is 2.23. The van der Waals surface area contributed by atoms with E-state index in [4.69, 9.17) is 4.98 Å². The van der Waals surface area contributed by atoms with Gasteiger partial charge in [0.05, 0.1) is 16.5 Å². The van der Waals surface area contributed by atoms with Crippen molar-refractivity contribution in [2.45, 2.75) is 37.7 Å². The Labute approximate surface area is 202 Å². The van der Waals surface area contributed by atoms with Crippen molar-refractivity contribution in [1.29, 1.82) is 0 Å². The van der Waals surface area contributed by atoms with Crippen LogP contribution < -0.4 is 10.6 Å². The second-order valence-electron chi connectivity index (χ2n) is 7.60. The summed E-state index contributed by atoms with van der Waals surface area (Å²) in [5, 5.41) is 14.9. The van der Waals surface area contributed by atoms with Crippen LogP contribution in [0.25, 0.3) is 33.5 Å². The number of amides is 3. The number of carbonyl (C=O) groups excluding carboxylic acids is 2. The van der Waals surface area contributed by atoms with Crippen molar-refractivity contribution in [3.63, 3.8) is 0 Å². The zero-order valence-electron chi connectivity index (χ0n) is 19.3. The molecule has 2 aromatic carbocycles. The molecule has 2 N–H and O–H groups in total. The van der Waals surface area contributed by atoms with E-state index in [2.05, 4.69) is 20.8 Å². The molecule has 0 spiro atoms. The second-order valence-corrected chi connectivity index (χ2v) is 8.91. The lowest BCUT2D eigenvalue weighted by atomic mass is 10.0. The quantitative estimate of drug-likeness (QED) is 0.382. The number of urea groups is 1. The number of imide groups is 1. The maximum absolute atomic E-state index is 12.4. The summed E-state index contributed by atoms with van der Waals surface area (Å²) in [7, 11) is 0. The molecule has 8 nitrogen and oxygen atoms in total. The minimum atomic E-state index is -0.529. The molecule has 174 valence electrons. The number of para-hydroxylation sites is 1. The normalized spacial score (nSPS) is 11.9. The first-order chi connectivity index (χ1) is 16.5. The predicted molar refractivity (Wildman–Crippen MR) is 134 cm³/mol. The average molecular weight is 475 g/mol. The van der Waals surface area contributed by atoms with E-state index in [1.807, 2.05) is 72.2 Å². The van der Waals surface area contributed by atoms with Gasteiger partial charge in [-0.2, -0.15) is 0 Å². The van der Waals surface area contributed by atoms with Crippen molar-refractivity contribution in [3.05, 3.63) is 60.7 Å². The van der Waals surface area contributed by atoms with Gasteiger partial charge in [-0.3, -0.25) is 10.1 Å². The number of hydrogen-bond donors (Lipinski definition) is 2. The number of aromatic nitrogens is 4. The number of rotatable bonds is 7. The largest absolute Gasteiger partial charge is 0.338 e. The molecule has 0 saturated carbocycles. The first-order valence-corrected chi connectivity index (χ1v) is 12.0. The van der Waals surface area contributed by atoms with E-state index >= 15 is 0 Å². The third kappa shape index (κ3) is 4.94. The second kappa shape index (κ2) is 10.5. The minimum Gasteiger partial charge on any atom is -0.338 e. The van der Waals surface area contributed by atoms with Crippen LogP contribution in [0, 0.1) is 0 Å². The Hall–Kier alpha value is -3.72. The number of pyridine rings is 1. The lowest BCUT2D eigenvalue weighted by molar-refractivity contribution is -0.119. The molecule has 0 unspecified atom stereocenters. The molecule has 2 heterocycles. The number of nitrogens with zero attached hydrogens (tertiary/aromatic N) is 4. The molecular formula is C25H26N6O2S. The predicted octanol–water partition coefficient (Wildman–Crippen LogP) is 4.51. The summed E-state index contributed by atoms with van der Waals surface area (Å²) >= 11 is 1.27. The topological polar surface area (TPSA) is 102 Å². The third-order valence-electron chi connectivity index (χ3n) is 5.29. The average Bonchev–Trinajstić information content (AvgIpc) is 3.26. The summed E-state index contributed by atoms with van der Waals surface area (Å²) in [4.78, 5) is 29.0. The Bertz CT molecular complexity index is 1320. The van der Waals surface area contributed by atoms with Crippen LogP contribution in [0.15, 0.2) is 65.8 Å². The minimum absolute atomic E-state index is 0.385. The maximum Gasteiger partial charge on any atom is 0.321 e. The molecule has 9 heteroatoms. The fraction of sp³-hybridized carbons (Fsp3) is 0.240. The molecule has 4 aromatic rings. The van der Waals surface area contributed by atoms with Crippen molar-refractivity contribution in [3.8, 4) is 22.6 Å². The van der Waals surface area contributed by atoms with Crippen molar-refractivity contribution in [2.24, 2.45) is 0 Å². The zero-order chi connectivity index (χ0) is 24.1. The van der Waals surface area contributed by atoms with Gasteiger partial charge in [0.15, 0.2) is 11.0 Å². The number of carbonyl (C=O) groups is 2. The standard InChI is InChI=1S/C25H26N6O2S/c1-4-26-24(33)28-23(32)16(3)34-25-30-29-22(31(25)5-2)19-15-21(17-11-7-6-8-12-17)27-20-14-10-9-13-18(19)20/h6-16H,4-5H2,1-3H3,(H2,26,28,32,33)/t16-/m0/s1. The molecule has 0 saturated heterocycles. The van der Waals surface area contributed by atoms with Gasteiger partial charge >= 0.3 is 6.03 Å². The van der Waals surface area contributed by atoms with Crippen LogP contribution in [0.1, 0.15) is 20.8 Å². The fourth-order valence-corrected chi connectivity index (χ4v) is 4.52. The van der Waals surface area contributed by atoms with Crippen molar-refractivity contribution >= 4 is 34.6 Å². The first kappa shape index (κ1) is 23.4. The van der Waals surface area contributed by atoms with Gasteiger partial charge in [-0.15, -0.1) is 10.2 Å². The number of fused-ring (bicyclic) bond motifs is 1.